The van der Waals surface area contributed by atoms with Crippen LogP contribution in [0.3, 0.4) is 0 Å². The Morgan fingerprint density at radius 3 is 2.50 bits per heavy atom. The Labute approximate surface area is 167 Å². The van der Waals surface area contributed by atoms with Crippen molar-refractivity contribution in [3.63, 3.8) is 0 Å². The van der Waals surface area contributed by atoms with Crippen molar-refractivity contribution < 1.29 is 18.0 Å². The van der Waals surface area contributed by atoms with E-state index in [0.29, 0.717) is 26.3 Å². The lowest BCUT2D eigenvalue weighted by Gasteiger charge is -2.06. The lowest BCUT2D eigenvalue weighted by Crippen LogP contribution is -2.11. The molecule has 0 aliphatic rings. The van der Waals surface area contributed by atoms with Gasteiger partial charge in [-0.3, -0.25) is 10.1 Å². The van der Waals surface area contributed by atoms with Gasteiger partial charge in [-0.15, -0.1) is 21.5 Å². The standard InChI is InChI=1S/C18H17F3N4OS2/c1-3-4-5-13-24-25-17(27-13)23-15(26)14-10(2)22-16(28-14)11-6-8-12(9-7-11)18(19,20)21/h6-9H,3-5H2,1-2H3,(H,23,25,26). The molecule has 2 heterocycles. The second kappa shape index (κ2) is 8.36. The highest BCUT2D eigenvalue weighted by Gasteiger charge is 2.30. The average Bonchev–Trinajstić information content (AvgIpc) is 3.25. The Morgan fingerprint density at radius 1 is 1.14 bits per heavy atom. The number of aryl methyl sites for hydroxylation is 2. The minimum absolute atomic E-state index is 0.355. The van der Waals surface area contributed by atoms with E-state index in [2.05, 4.69) is 27.4 Å². The Kier molecular flexibility index (Phi) is 6.09. The van der Waals surface area contributed by atoms with Crippen LogP contribution in [-0.4, -0.2) is 21.1 Å². The molecule has 0 spiro atoms. The molecule has 0 bridgehead atoms. The third kappa shape index (κ3) is 4.74. The van der Waals surface area contributed by atoms with E-state index >= 15 is 0 Å². The lowest BCUT2D eigenvalue weighted by atomic mass is 10.1. The van der Waals surface area contributed by atoms with Crippen LogP contribution in [0.25, 0.3) is 10.6 Å². The third-order valence-corrected chi connectivity index (χ3v) is 6.00. The fraction of sp³-hybridized carbons (Fsp3) is 0.333. The number of amides is 1. The smallest absolute Gasteiger partial charge is 0.296 e. The summed E-state index contributed by atoms with van der Waals surface area (Å²) in [7, 11) is 0. The number of carbonyl (C=O) groups is 1. The Hall–Kier alpha value is -2.33. The van der Waals surface area contributed by atoms with Crippen LogP contribution >= 0.6 is 22.7 Å². The van der Waals surface area contributed by atoms with E-state index in [9.17, 15) is 18.0 Å². The first-order valence-electron chi connectivity index (χ1n) is 8.56. The zero-order valence-corrected chi connectivity index (χ0v) is 16.8. The fourth-order valence-electron chi connectivity index (χ4n) is 2.42. The van der Waals surface area contributed by atoms with Gasteiger partial charge in [0.25, 0.3) is 5.91 Å². The summed E-state index contributed by atoms with van der Waals surface area (Å²) in [6, 6.07) is 4.72. The number of anilines is 1. The summed E-state index contributed by atoms with van der Waals surface area (Å²) >= 11 is 2.46. The van der Waals surface area contributed by atoms with E-state index in [4.69, 9.17) is 0 Å². The highest BCUT2D eigenvalue weighted by Crippen LogP contribution is 2.33. The molecule has 0 unspecified atom stereocenters. The van der Waals surface area contributed by atoms with E-state index in [1.54, 1.807) is 6.92 Å². The number of rotatable bonds is 6. The highest BCUT2D eigenvalue weighted by atomic mass is 32.1. The van der Waals surface area contributed by atoms with Crippen molar-refractivity contribution in [2.75, 3.05) is 5.32 Å². The molecule has 0 fully saturated rings. The molecule has 0 saturated carbocycles. The number of alkyl halides is 3. The molecule has 0 atom stereocenters. The molecule has 0 saturated heterocycles. The molecule has 5 nitrogen and oxygen atoms in total. The average molecular weight is 426 g/mol. The second-order valence-electron chi connectivity index (χ2n) is 6.07. The number of aromatic nitrogens is 3. The topological polar surface area (TPSA) is 67.8 Å². The van der Waals surface area contributed by atoms with Gasteiger partial charge in [0, 0.05) is 12.0 Å². The Balaban J connectivity index is 1.74. The van der Waals surface area contributed by atoms with Crippen molar-refractivity contribution in [2.45, 2.75) is 39.3 Å². The van der Waals surface area contributed by atoms with Gasteiger partial charge in [0.15, 0.2) is 0 Å². The molecule has 2 aromatic heterocycles. The van der Waals surface area contributed by atoms with Crippen LogP contribution in [0.2, 0.25) is 0 Å². The van der Waals surface area contributed by atoms with Gasteiger partial charge in [0.05, 0.1) is 11.3 Å². The van der Waals surface area contributed by atoms with Crippen LogP contribution in [0, 0.1) is 6.92 Å². The molecule has 0 radical (unpaired) electrons. The Bertz CT molecular complexity index is 964. The van der Waals surface area contributed by atoms with Crippen LogP contribution in [0.15, 0.2) is 24.3 Å². The second-order valence-corrected chi connectivity index (χ2v) is 8.13. The first kappa shape index (κ1) is 20.4. The van der Waals surface area contributed by atoms with Crippen LogP contribution in [0.4, 0.5) is 18.3 Å². The maximum absolute atomic E-state index is 12.7. The SMILES string of the molecule is CCCCc1nnc(NC(=O)c2sc(-c3ccc(C(F)(F)F)cc3)nc2C)s1. The van der Waals surface area contributed by atoms with Gasteiger partial charge in [-0.05, 0) is 25.5 Å². The van der Waals surface area contributed by atoms with Gasteiger partial charge in [0.2, 0.25) is 5.13 Å². The summed E-state index contributed by atoms with van der Waals surface area (Å²) in [5.41, 5.74) is 0.309. The zero-order chi connectivity index (χ0) is 20.3. The molecule has 1 N–H and O–H groups in total. The van der Waals surface area contributed by atoms with E-state index in [-0.39, 0.29) is 5.91 Å². The van der Waals surface area contributed by atoms with Gasteiger partial charge < -0.3 is 0 Å². The third-order valence-electron chi connectivity index (χ3n) is 3.89. The summed E-state index contributed by atoms with van der Waals surface area (Å²) in [5, 5.41) is 12.5. The molecule has 3 rings (SSSR count). The molecule has 0 aliphatic heterocycles. The number of hydrogen-bond donors (Lipinski definition) is 1. The van der Waals surface area contributed by atoms with Crippen molar-refractivity contribution in [2.24, 2.45) is 0 Å². The molecule has 28 heavy (non-hydrogen) atoms. The molecule has 10 heteroatoms. The van der Waals surface area contributed by atoms with Crippen molar-refractivity contribution in [1.29, 1.82) is 0 Å². The van der Waals surface area contributed by atoms with E-state index in [0.717, 1.165) is 47.7 Å². The number of nitrogens with one attached hydrogen (secondary N) is 1. The van der Waals surface area contributed by atoms with Crippen LogP contribution in [-0.2, 0) is 12.6 Å². The molecule has 1 aromatic carbocycles. The molecular weight excluding hydrogens is 409 g/mol. The molecule has 0 aliphatic carbocycles. The van der Waals surface area contributed by atoms with Gasteiger partial charge in [-0.2, -0.15) is 13.2 Å². The van der Waals surface area contributed by atoms with Gasteiger partial charge in [-0.1, -0.05) is 36.8 Å². The number of hydrogen-bond acceptors (Lipinski definition) is 6. The first-order valence-corrected chi connectivity index (χ1v) is 10.2. The number of benzene rings is 1. The molecule has 3 aromatic rings. The van der Waals surface area contributed by atoms with Gasteiger partial charge in [-0.25, -0.2) is 4.98 Å². The summed E-state index contributed by atoms with van der Waals surface area (Å²) < 4.78 is 38.1. The number of carbonyl (C=O) groups excluding carboxylic acids is 1. The summed E-state index contributed by atoms with van der Waals surface area (Å²) in [4.78, 5) is 17.3. The first-order chi connectivity index (χ1) is 13.3. The lowest BCUT2D eigenvalue weighted by molar-refractivity contribution is -0.137. The van der Waals surface area contributed by atoms with E-state index < -0.39 is 11.7 Å². The van der Waals surface area contributed by atoms with Crippen LogP contribution in [0.1, 0.15) is 45.7 Å². The highest BCUT2D eigenvalue weighted by molar-refractivity contribution is 7.17. The maximum atomic E-state index is 12.7. The van der Waals surface area contributed by atoms with Crippen LogP contribution < -0.4 is 5.32 Å². The molecule has 148 valence electrons. The predicted molar refractivity (Wildman–Crippen MR) is 104 cm³/mol. The van der Waals surface area contributed by atoms with Crippen LogP contribution in [0.5, 0.6) is 0 Å². The van der Waals surface area contributed by atoms with E-state index in [1.807, 2.05) is 0 Å². The molecule has 1 amide bonds. The van der Waals surface area contributed by atoms with Crippen molar-refractivity contribution >= 4 is 33.7 Å². The van der Waals surface area contributed by atoms with Crippen molar-refractivity contribution in [3.8, 4) is 10.6 Å². The number of unbranched alkanes of at least 4 members (excludes halogenated alkanes) is 1. The van der Waals surface area contributed by atoms with Gasteiger partial charge in [0.1, 0.15) is 14.9 Å². The number of nitrogens with zero attached hydrogens (tertiary/aromatic N) is 3. The largest absolute Gasteiger partial charge is 0.416 e. The minimum atomic E-state index is -4.39. The zero-order valence-electron chi connectivity index (χ0n) is 15.1. The van der Waals surface area contributed by atoms with Crippen molar-refractivity contribution in [3.05, 3.63) is 45.4 Å². The quantitative estimate of drug-likeness (QED) is 0.558. The van der Waals surface area contributed by atoms with Gasteiger partial charge >= 0.3 is 6.18 Å². The predicted octanol–water partition coefficient (Wildman–Crippen LogP) is 5.58. The normalized spacial score (nSPS) is 11.6. The van der Waals surface area contributed by atoms with Crippen molar-refractivity contribution in [1.82, 2.24) is 15.2 Å². The maximum Gasteiger partial charge on any atom is 0.416 e. The summed E-state index contributed by atoms with van der Waals surface area (Å²) in [5.74, 6) is -0.355. The summed E-state index contributed by atoms with van der Waals surface area (Å²) in [6.45, 7) is 3.77. The molecular formula is C18H17F3N4OS2. The monoisotopic (exact) mass is 426 g/mol. The fourth-order valence-corrected chi connectivity index (χ4v) is 4.16. The van der Waals surface area contributed by atoms with E-state index in [1.165, 1.54) is 23.5 Å². The number of halogens is 3. The minimum Gasteiger partial charge on any atom is -0.296 e. The Morgan fingerprint density at radius 2 is 1.86 bits per heavy atom. The summed E-state index contributed by atoms with van der Waals surface area (Å²) in [6.07, 6.45) is -1.51. The number of thiazole rings is 1.